The van der Waals surface area contributed by atoms with Crippen molar-refractivity contribution in [2.24, 2.45) is 0 Å². The number of benzene rings is 2. The van der Waals surface area contributed by atoms with Gasteiger partial charge in [0, 0.05) is 11.1 Å². The summed E-state index contributed by atoms with van der Waals surface area (Å²) in [6.07, 6.45) is 0. The molecule has 8 heteroatoms. The minimum Gasteiger partial charge on any atom is -0.317 e. The number of nitrogens with one attached hydrogen (secondary N) is 1. The molecule has 1 heterocycles. The van der Waals surface area contributed by atoms with Crippen LogP contribution in [0, 0.1) is 18.6 Å². The molecule has 0 saturated heterocycles. The molecule has 0 aliphatic heterocycles. The van der Waals surface area contributed by atoms with Crippen LogP contribution >= 0.6 is 11.6 Å². The molecule has 0 atom stereocenters. The van der Waals surface area contributed by atoms with Gasteiger partial charge in [0.1, 0.15) is 17.5 Å². The van der Waals surface area contributed by atoms with Crippen molar-refractivity contribution < 1.29 is 13.6 Å². The molecule has 1 N–H and O–H groups in total. The van der Waals surface area contributed by atoms with Crippen molar-refractivity contribution in [3.05, 3.63) is 70.8 Å². The lowest BCUT2D eigenvalue weighted by atomic mass is 10.3. The number of carbonyl (C=O) groups is 1. The lowest BCUT2D eigenvalue weighted by Gasteiger charge is -2.04. The van der Waals surface area contributed by atoms with Crippen molar-refractivity contribution in [2.75, 3.05) is 5.32 Å². The number of anilines is 1. The number of carbonyl (C=O) groups excluding carboxylic acids is 1. The Kier molecular flexibility index (Phi) is 4.26. The van der Waals surface area contributed by atoms with Crippen molar-refractivity contribution in [1.29, 1.82) is 0 Å². The lowest BCUT2D eigenvalue weighted by Crippen LogP contribution is -2.15. The molecule has 0 radical (unpaired) electrons. The monoisotopic (exact) mass is 348 g/mol. The maximum Gasteiger partial charge on any atom is 0.295 e. The molecule has 0 bridgehead atoms. The van der Waals surface area contributed by atoms with E-state index in [-0.39, 0.29) is 11.5 Å². The molecule has 0 aliphatic rings. The number of rotatable bonds is 3. The molecule has 5 nitrogen and oxygen atoms in total. The number of halogens is 3. The smallest absolute Gasteiger partial charge is 0.295 e. The van der Waals surface area contributed by atoms with Crippen LogP contribution in [0.15, 0.2) is 42.5 Å². The zero-order valence-corrected chi connectivity index (χ0v) is 13.2. The summed E-state index contributed by atoms with van der Waals surface area (Å²) in [4.78, 5) is 16.2. The Balaban J connectivity index is 1.87. The second-order valence-corrected chi connectivity index (χ2v) is 5.39. The minimum atomic E-state index is -0.751. The van der Waals surface area contributed by atoms with E-state index in [1.807, 2.05) is 0 Å². The van der Waals surface area contributed by atoms with Crippen molar-refractivity contribution >= 4 is 23.2 Å². The van der Waals surface area contributed by atoms with Crippen molar-refractivity contribution in [3.8, 4) is 5.69 Å². The van der Waals surface area contributed by atoms with Gasteiger partial charge in [-0.1, -0.05) is 11.6 Å². The fourth-order valence-electron chi connectivity index (χ4n) is 2.08. The van der Waals surface area contributed by atoms with E-state index in [1.165, 1.54) is 4.68 Å². The first kappa shape index (κ1) is 16.1. The van der Waals surface area contributed by atoms with Gasteiger partial charge in [-0.3, -0.25) is 4.79 Å². The summed E-state index contributed by atoms with van der Waals surface area (Å²) >= 11 is 5.84. The summed E-state index contributed by atoms with van der Waals surface area (Å²) in [7, 11) is 0. The highest BCUT2D eigenvalue weighted by Gasteiger charge is 2.17. The molecule has 0 unspecified atom stereocenters. The Bertz CT molecular complexity index is 909. The molecule has 24 heavy (non-hydrogen) atoms. The van der Waals surface area contributed by atoms with Crippen LogP contribution in [0.2, 0.25) is 5.02 Å². The molecule has 2 aromatic carbocycles. The molecule has 0 aliphatic carbocycles. The summed E-state index contributed by atoms with van der Waals surface area (Å²) in [6.45, 7) is 1.67. The van der Waals surface area contributed by atoms with Crippen molar-refractivity contribution in [3.63, 3.8) is 0 Å². The van der Waals surface area contributed by atoms with Crippen LogP contribution in [-0.2, 0) is 0 Å². The normalized spacial score (nSPS) is 10.7. The average molecular weight is 349 g/mol. The molecule has 1 aromatic heterocycles. The predicted octanol–water partition coefficient (Wildman–Crippen LogP) is 3.76. The summed E-state index contributed by atoms with van der Waals surface area (Å²) in [6, 6.07) is 9.57. The molecule has 0 fully saturated rings. The fraction of sp³-hybridized carbons (Fsp3) is 0.0625. The van der Waals surface area contributed by atoms with Gasteiger partial charge in [-0.25, -0.2) is 18.4 Å². The van der Waals surface area contributed by atoms with Gasteiger partial charge >= 0.3 is 0 Å². The third kappa shape index (κ3) is 3.26. The van der Waals surface area contributed by atoms with E-state index < -0.39 is 17.5 Å². The van der Waals surface area contributed by atoms with Crippen LogP contribution in [0.5, 0.6) is 0 Å². The fourth-order valence-corrected chi connectivity index (χ4v) is 2.21. The first-order valence-corrected chi connectivity index (χ1v) is 7.28. The van der Waals surface area contributed by atoms with Crippen LogP contribution in [0.25, 0.3) is 5.69 Å². The molecule has 3 rings (SSSR count). The number of hydrogen-bond acceptors (Lipinski definition) is 3. The van der Waals surface area contributed by atoms with Crippen LogP contribution in [0.1, 0.15) is 16.4 Å². The van der Waals surface area contributed by atoms with Gasteiger partial charge in [0.15, 0.2) is 0 Å². The van der Waals surface area contributed by atoms with Crippen LogP contribution in [0.4, 0.5) is 14.5 Å². The second-order valence-electron chi connectivity index (χ2n) is 4.95. The quantitative estimate of drug-likeness (QED) is 0.784. The molecule has 0 saturated carbocycles. The summed E-state index contributed by atoms with van der Waals surface area (Å²) in [5.74, 6) is -1.86. The van der Waals surface area contributed by atoms with Gasteiger partial charge in [-0.2, -0.15) is 0 Å². The van der Waals surface area contributed by atoms with E-state index in [0.717, 1.165) is 18.2 Å². The third-order valence-corrected chi connectivity index (χ3v) is 3.47. The molecular formula is C16H11ClF2N4O. The first-order valence-electron chi connectivity index (χ1n) is 6.90. The zero-order chi connectivity index (χ0) is 17.3. The average Bonchev–Trinajstić information content (AvgIpc) is 2.94. The Hall–Kier alpha value is -2.80. The van der Waals surface area contributed by atoms with Crippen LogP contribution in [-0.4, -0.2) is 20.7 Å². The Labute approximate surface area is 140 Å². The summed E-state index contributed by atoms with van der Waals surface area (Å²) in [5.41, 5.74) is 0.390. The SMILES string of the molecule is Cc1nc(C(=O)Nc2cc(F)ccc2F)nn1-c1ccc(Cl)cc1. The van der Waals surface area contributed by atoms with Crippen LogP contribution < -0.4 is 5.32 Å². The van der Waals surface area contributed by atoms with E-state index in [0.29, 0.717) is 16.5 Å². The van der Waals surface area contributed by atoms with E-state index in [9.17, 15) is 13.6 Å². The van der Waals surface area contributed by atoms with Gasteiger partial charge in [0.2, 0.25) is 5.82 Å². The number of hydrogen-bond donors (Lipinski definition) is 1. The Morgan fingerprint density at radius 3 is 2.58 bits per heavy atom. The number of amides is 1. The number of aromatic nitrogens is 3. The molecule has 1 amide bonds. The Morgan fingerprint density at radius 2 is 1.88 bits per heavy atom. The largest absolute Gasteiger partial charge is 0.317 e. The lowest BCUT2D eigenvalue weighted by molar-refractivity contribution is 0.101. The predicted molar refractivity (Wildman–Crippen MR) is 85.4 cm³/mol. The standard InChI is InChI=1S/C16H11ClF2N4O/c1-9-20-15(22-23(9)12-5-2-10(17)3-6-12)16(24)21-14-8-11(18)4-7-13(14)19/h2-8H,1H3,(H,21,24). The third-order valence-electron chi connectivity index (χ3n) is 3.22. The molecule has 3 aromatic rings. The zero-order valence-electron chi connectivity index (χ0n) is 12.4. The maximum atomic E-state index is 13.6. The number of nitrogens with zero attached hydrogens (tertiary/aromatic N) is 3. The van der Waals surface area contributed by atoms with Gasteiger partial charge in [-0.15, -0.1) is 5.10 Å². The summed E-state index contributed by atoms with van der Waals surface area (Å²) < 4.78 is 28.2. The van der Waals surface area contributed by atoms with Gasteiger partial charge in [0.25, 0.3) is 5.91 Å². The molecular weight excluding hydrogens is 338 g/mol. The van der Waals surface area contributed by atoms with Crippen LogP contribution in [0.3, 0.4) is 0 Å². The van der Waals surface area contributed by atoms with E-state index >= 15 is 0 Å². The van der Waals surface area contributed by atoms with Crippen molar-refractivity contribution in [2.45, 2.75) is 6.92 Å². The number of aryl methyl sites for hydroxylation is 1. The minimum absolute atomic E-state index is 0.161. The van der Waals surface area contributed by atoms with E-state index in [4.69, 9.17) is 11.6 Å². The molecule has 0 spiro atoms. The van der Waals surface area contributed by atoms with Gasteiger partial charge in [-0.05, 0) is 43.3 Å². The summed E-state index contributed by atoms with van der Waals surface area (Å²) in [5, 5.41) is 6.91. The second kappa shape index (κ2) is 6.37. The highest BCUT2D eigenvalue weighted by atomic mass is 35.5. The molecule has 122 valence electrons. The van der Waals surface area contributed by atoms with E-state index in [2.05, 4.69) is 15.4 Å². The van der Waals surface area contributed by atoms with E-state index in [1.54, 1.807) is 31.2 Å². The topological polar surface area (TPSA) is 59.8 Å². The van der Waals surface area contributed by atoms with Crippen molar-refractivity contribution in [1.82, 2.24) is 14.8 Å². The van der Waals surface area contributed by atoms with Gasteiger partial charge in [0.05, 0.1) is 11.4 Å². The highest BCUT2D eigenvalue weighted by molar-refractivity contribution is 6.30. The highest BCUT2D eigenvalue weighted by Crippen LogP contribution is 2.17. The Morgan fingerprint density at radius 1 is 1.17 bits per heavy atom. The maximum absolute atomic E-state index is 13.6. The van der Waals surface area contributed by atoms with Gasteiger partial charge < -0.3 is 5.32 Å². The first-order chi connectivity index (χ1) is 11.4.